The molecule has 0 saturated heterocycles. The Kier molecular flexibility index (Phi) is 3.09. The van der Waals surface area contributed by atoms with Gasteiger partial charge in [0.15, 0.2) is 11.6 Å². The van der Waals surface area contributed by atoms with Gasteiger partial charge in [0.05, 0.1) is 0 Å². The Morgan fingerprint density at radius 3 is 2.76 bits per heavy atom. The smallest absolute Gasteiger partial charge is 0.166 e. The third-order valence-corrected chi connectivity index (χ3v) is 3.17. The lowest BCUT2D eigenvalue weighted by atomic mass is 9.90. The molecule has 0 bridgehead atoms. The zero-order valence-corrected chi connectivity index (χ0v) is 10.4. The predicted octanol–water partition coefficient (Wildman–Crippen LogP) is 3.42. The van der Waals surface area contributed by atoms with Crippen LogP contribution in [0.4, 0.5) is 4.39 Å². The summed E-state index contributed by atoms with van der Waals surface area (Å²) in [6.07, 6.45) is 2.41. The third-order valence-electron chi connectivity index (χ3n) is 3.17. The lowest BCUT2D eigenvalue weighted by molar-refractivity contribution is -0.115. The molecule has 2 rings (SSSR count). The molecule has 0 N–H and O–H groups in total. The number of carbonyl (C=O) groups is 1. The number of hydrogen-bond donors (Lipinski definition) is 0. The summed E-state index contributed by atoms with van der Waals surface area (Å²) in [5, 5.41) is 0. The number of allylic oxidation sites excluding steroid dienone is 1. The maximum absolute atomic E-state index is 14.0. The SMILES string of the molecule is CCC1=C(F)c2ncc(C(C)C)cc2CC1=O. The van der Waals surface area contributed by atoms with Crippen molar-refractivity contribution in [3.8, 4) is 0 Å². The average Bonchev–Trinajstić information content (AvgIpc) is 2.28. The van der Waals surface area contributed by atoms with Crippen LogP contribution in [0.15, 0.2) is 17.8 Å². The van der Waals surface area contributed by atoms with E-state index in [1.54, 1.807) is 13.1 Å². The molecule has 1 heterocycles. The number of Topliss-reactive ketones (excluding diaryl/α,β-unsaturated/α-hetero) is 1. The molecule has 0 atom stereocenters. The number of carbonyl (C=O) groups excluding carboxylic acids is 1. The standard InChI is InChI=1S/C14H16FNO/c1-4-11-12(17)6-9-5-10(8(2)3)7-16-14(9)13(11)15/h5,7-8H,4,6H2,1-3H3. The number of pyridine rings is 1. The molecule has 0 aliphatic heterocycles. The summed E-state index contributed by atoms with van der Waals surface area (Å²) < 4.78 is 14.0. The summed E-state index contributed by atoms with van der Waals surface area (Å²) in [6.45, 7) is 5.90. The van der Waals surface area contributed by atoms with Crippen LogP contribution < -0.4 is 0 Å². The summed E-state index contributed by atoms with van der Waals surface area (Å²) in [4.78, 5) is 15.9. The largest absolute Gasteiger partial charge is 0.294 e. The van der Waals surface area contributed by atoms with Gasteiger partial charge in [-0.3, -0.25) is 9.78 Å². The molecule has 0 saturated carbocycles. The van der Waals surface area contributed by atoms with Crippen LogP contribution in [0.3, 0.4) is 0 Å². The number of halogens is 1. The van der Waals surface area contributed by atoms with Crippen LogP contribution in [0.2, 0.25) is 0 Å². The summed E-state index contributed by atoms with van der Waals surface area (Å²) in [7, 11) is 0. The second-order valence-corrected chi connectivity index (χ2v) is 4.68. The minimum atomic E-state index is -0.436. The van der Waals surface area contributed by atoms with E-state index >= 15 is 0 Å². The van der Waals surface area contributed by atoms with E-state index in [0.29, 0.717) is 18.0 Å². The molecule has 0 aromatic carbocycles. The Bertz CT molecular complexity index is 503. The predicted molar refractivity (Wildman–Crippen MR) is 65.4 cm³/mol. The molecule has 0 radical (unpaired) electrons. The maximum atomic E-state index is 14.0. The number of ketones is 1. The Morgan fingerprint density at radius 1 is 1.47 bits per heavy atom. The monoisotopic (exact) mass is 233 g/mol. The fourth-order valence-corrected chi connectivity index (χ4v) is 2.07. The summed E-state index contributed by atoms with van der Waals surface area (Å²) in [6, 6.07) is 1.90. The van der Waals surface area contributed by atoms with E-state index < -0.39 is 5.83 Å². The van der Waals surface area contributed by atoms with Crippen LogP contribution in [0.25, 0.3) is 5.83 Å². The second kappa shape index (κ2) is 4.40. The van der Waals surface area contributed by atoms with Gasteiger partial charge in [0, 0.05) is 18.2 Å². The van der Waals surface area contributed by atoms with E-state index in [1.165, 1.54) is 0 Å². The van der Waals surface area contributed by atoms with Gasteiger partial charge in [-0.1, -0.05) is 26.8 Å². The molecular weight excluding hydrogens is 217 g/mol. The molecule has 3 heteroatoms. The number of rotatable bonds is 2. The van der Waals surface area contributed by atoms with Crippen molar-refractivity contribution >= 4 is 11.6 Å². The summed E-state index contributed by atoms with van der Waals surface area (Å²) in [5.74, 6) is -0.211. The highest BCUT2D eigenvalue weighted by atomic mass is 19.1. The lowest BCUT2D eigenvalue weighted by Crippen LogP contribution is -2.16. The molecule has 0 fully saturated rings. The highest BCUT2D eigenvalue weighted by Crippen LogP contribution is 2.31. The Morgan fingerprint density at radius 2 is 2.18 bits per heavy atom. The molecule has 90 valence electrons. The van der Waals surface area contributed by atoms with Crippen molar-refractivity contribution in [3.05, 3.63) is 34.7 Å². The van der Waals surface area contributed by atoms with E-state index in [9.17, 15) is 9.18 Å². The van der Waals surface area contributed by atoms with Crippen molar-refractivity contribution in [2.24, 2.45) is 0 Å². The third kappa shape index (κ3) is 2.02. The van der Waals surface area contributed by atoms with Gasteiger partial charge in [0.1, 0.15) is 5.69 Å². The molecule has 0 amide bonds. The normalized spacial score (nSPS) is 15.5. The topological polar surface area (TPSA) is 30.0 Å². The molecule has 1 aromatic rings. The van der Waals surface area contributed by atoms with Crippen LogP contribution in [-0.2, 0) is 11.2 Å². The summed E-state index contributed by atoms with van der Waals surface area (Å²) in [5.41, 5.74) is 2.40. The first-order chi connectivity index (χ1) is 8.04. The van der Waals surface area contributed by atoms with Crippen molar-refractivity contribution in [3.63, 3.8) is 0 Å². The minimum Gasteiger partial charge on any atom is -0.294 e. The molecular formula is C14H16FNO. The Labute approximate surface area is 101 Å². The zero-order valence-electron chi connectivity index (χ0n) is 10.4. The van der Waals surface area contributed by atoms with Gasteiger partial charge in [-0.05, 0) is 23.5 Å². The second-order valence-electron chi connectivity index (χ2n) is 4.68. The number of aromatic nitrogens is 1. The van der Waals surface area contributed by atoms with Gasteiger partial charge in [-0.15, -0.1) is 0 Å². The first-order valence-corrected chi connectivity index (χ1v) is 5.95. The molecule has 17 heavy (non-hydrogen) atoms. The van der Waals surface area contributed by atoms with Crippen LogP contribution in [-0.4, -0.2) is 10.8 Å². The van der Waals surface area contributed by atoms with E-state index in [2.05, 4.69) is 18.8 Å². The van der Waals surface area contributed by atoms with Crippen molar-refractivity contribution in [1.82, 2.24) is 4.98 Å². The lowest BCUT2D eigenvalue weighted by Gasteiger charge is -2.17. The van der Waals surface area contributed by atoms with E-state index in [-0.39, 0.29) is 17.8 Å². The highest BCUT2D eigenvalue weighted by molar-refractivity contribution is 6.05. The Hall–Kier alpha value is -1.51. The van der Waals surface area contributed by atoms with Crippen molar-refractivity contribution in [1.29, 1.82) is 0 Å². The molecule has 1 aliphatic carbocycles. The molecule has 2 nitrogen and oxygen atoms in total. The van der Waals surface area contributed by atoms with Gasteiger partial charge in [0.2, 0.25) is 0 Å². The number of fused-ring (bicyclic) bond motifs is 1. The van der Waals surface area contributed by atoms with E-state index in [4.69, 9.17) is 0 Å². The van der Waals surface area contributed by atoms with Crippen molar-refractivity contribution in [2.75, 3.05) is 0 Å². The minimum absolute atomic E-state index is 0.111. The van der Waals surface area contributed by atoms with Crippen LogP contribution >= 0.6 is 0 Å². The van der Waals surface area contributed by atoms with E-state index in [1.807, 2.05) is 6.07 Å². The van der Waals surface area contributed by atoms with Gasteiger partial charge >= 0.3 is 0 Å². The maximum Gasteiger partial charge on any atom is 0.166 e. The van der Waals surface area contributed by atoms with Crippen LogP contribution in [0.1, 0.15) is 49.9 Å². The van der Waals surface area contributed by atoms with Crippen LogP contribution in [0, 0.1) is 0 Å². The average molecular weight is 233 g/mol. The first kappa shape index (κ1) is 12.0. The molecule has 1 aliphatic rings. The number of nitrogens with zero attached hydrogens (tertiary/aromatic N) is 1. The number of hydrogen-bond acceptors (Lipinski definition) is 2. The summed E-state index contributed by atoms with van der Waals surface area (Å²) >= 11 is 0. The molecule has 0 unspecified atom stereocenters. The van der Waals surface area contributed by atoms with Gasteiger partial charge in [-0.25, -0.2) is 4.39 Å². The zero-order chi connectivity index (χ0) is 12.6. The molecule has 0 spiro atoms. The van der Waals surface area contributed by atoms with E-state index in [0.717, 1.165) is 11.1 Å². The molecule has 1 aromatic heterocycles. The fourth-order valence-electron chi connectivity index (χ4n) is 2.07. The van der Waals surface area contributed by atoms with Crippen molar-refractivity contribution < 1.29 is 9.18 Å². The van der Waals surface area contributed by atoms with Gasteiger partial charge < -0.3 is 0 Å². The Balaban J connectivity index is 2.54. The quantitative estimate of drug-likeness (QED) is 0.783. The first-order valence-electron chi connectivity index (χ1n) is 5.95. The van der Waals surface area contributed by atoms with Gasteiger partial charge in [0.25, 0.3) is 0 Å². The van der Waals surface area contributed by atoms with Crippen molar-refractivity contribution in [2.45, 2.75) is 39.5 Å². The fraction of sp³-hybridized carbons (Fsp3) is 0.429. The van der Waals surface area contributed by atoms with Gasteiger partial charge in [-0.2, -0.15) is 0 Å². The van der Waals surface area contributed by atoms with Crippen LogP contribution in [0.5, 0.6) is 0 Å². The highest BCUT2D eigenvalue weighted by Gasteiger charge is 2.26.